The van der Waals surface area contributed by atoms with Crippen molar-refractivity contribution in [1.29, 1.82) is 0 Å². The smallest absolute Gasteiger partial charge is 0.143 e. The van der Waals surface area contributed by atoms with E-state index in [0.717, 1.165) is 83.9 Å². The van der Waals surface area contributed by atoms with Gasteiger partial charge in [0.1, 0.15) is 11.2 Å². The Balaban J connectivity index is 0.859. The van der Waals surface area contributed by atoms with E-state index in [2.05, 4.69) is 277 Å². The van der Waals surface area contributed by atoms with Crippen molar-refractivity contribution in [2.45, 2.75) is 0 Å². The minimum absolute atomic E-state index is 0.909. The average molecular weight is 931 g/mol. The van der Waals surface area contributed by atoms with Crippen LogP contribution in [0.1, 0.15) is 0 Å². The number of anilines is 6. The molecule has 0 spiro atoms. The minimum atomic E-state index is 0.909. The molecule has 0 aliphatic heterocycles. The molecule has 73 heavy (non-hydrogen) atoms. The average Bonchev–Trinajstić information content (AvgIpc) is 3.86. The van der Waals surface area contributed by atoms with Crippen molar-refractivity contribution >= 4 is 99.2 Å². The summed E-state index contributed by atoms with van der Waals surface area (Å²) in [6, 6.07) is 101. The number of hydrogen-bond acceptors (Lipinski definition) is 3. The summed E-state index contributed by atoms with van der Waals surface area (Å²) in [4.78, 5) is 4.75. The Labute approximate surface area is 423 Å². The second-order valence-electron chi connectivity index (χ2n) is 18.8. The summed E-state index contributed by atoms with van der Waals surface area (Å²) in [5, 5.41) is 12.2. The van der Waals surface area contributed by atoms with Gasteiger partial charge in [0.25, 0.3) is 0 Å². The summed E-state index contributed by atoms with van der Waals surface area (Å²) in [6.45, 7) is 0. The van der Waals surface area contributed by atoms with Gasteiger partial charge >= 0.3 is 0 Å². The Morgan fingerprint density at radius 1 is 0.219 bits per heavy atom. The highest BCUT2D eigenvalue weighted by Gasteiger charge is 2.20. The molecule has 0 N–H and O–H groups in total. The normalized spacial score (nSPS) is 11.6. The monoisotopic (exact) mass is 930 g/mol. The first-order chi connectivity index (χ1) is 36.2. The van der Waals surface area contributed by atoms with Gasteiger partial charge in [-0.1, -0.05) is 206 Å². The van der Waals surface area contributed by atoms with Crippen LogP contribution in [0.25, 0.3) is 98.4 Å². The number of para-hydroxylation sites is 4. The molecule has 3 heteroatoms. The number of fused-ring (bicyclic) bond motifs is 10. The van der Waals surface area contributed by atoms with Crippen LogP contribution in [-0.2, 0) is 0 Å². The lowest BCUT2D eigenvalue weighted by molar-refractivity contribution is 0.670. The van der Waals surface area contributed by atoms with Gasteiger partial charge in [-0.05, 0) is 138 Å². The Bertz CT molecular complexity index is 4280. The predicted octanol–water partition coefficient (Wildman–Crippen LogP) is 20.1. The third-order valence-electron chi connectivity index (χ3n) is 14.7. The van der Waals surface area contributed by atoms with Crippen molar-refractivity contribution in [2.24, 2.45) is 0 Å². The summed E-state index contributed by atoms with van der Waals surface area (Å²) in [6.07, 6.45) is 0. The van der Waals surface area contributed by atoms with Crippen LogP contribution in [0.3, 0.4) is 0 Å². The molecule has 13 aromatic carbocycles. The fraction of sp³-hybridized carbons (Fsp3) is 0. The third kappa shape index (κ3) is 7.29. The number of hydrogen-bond donors (Lipinski definition) is 0. The van der Waals surface area contributed by atoms with E-state index in [1.807, 2.05) is 12.1 Å². The van der Waals surface area contributed by atoms with Crippen molar-refractivity contribution in [3.8, 4) is 33.4 Å². The quantitative estimate of drug-likeness (QED) is 0.135. The maximum absolute atomic E-state index is 6.40. The molecular weight excluding hydrogens is 885 g/mol. The highest BCUT2D eigenvalue weighted by Crippen LogP contribution is 2.45. The molecule has 1 aromatic heterocycles. The lowest BCUT2D eigenvalue weighted by Gasteiger charge is -2.28. The summed E-state index contributed by atoms with van der Waals surface area (Å²) in [5.41, 5.74) is 15.3. The zero-order chi connectivity index (χ0) is 48.2. The van der Waals surface area contributed by atoms with Crippen LogP contribution in [0.5, 0.6) is 0 Å². The topological polar surface area (TPSA) is 19.6 Å². The van der Waals surface area contributed by atoms with Crippen LogP contribution in [-0.4, -0.2) is 0 Å². The fourth-order valence-electron chi connectivity index (χ4n) is 11.2. The molecule has 0 atom stereocenters. The molecule has 0 unspecified atom stereocenters. The van der Waals surface area contributed by atoms with Crippen molar-refractivity contribution in [3.63, 3.8) is 0 Å². The van der Waals surface area contributed by atoms with Gasteiger partial charge in [-0.25, -0.2) is 0 Å². The van der Waals surface area contributed by atoms with Crippen LogP contribution in [0.2, 0.25) is 0 Å². The van der Waals surface area contributed by atoms with E-state index >= 15 is 0 Å². The van der Waals surface area contributed by atoms with E-state index in [0.29, 0.717) is 0 Å². The van der Waals surface area contributed by atoms with Crippen LogP contribution in [0.4, 0.5) is 34.1 Å². The molecule has 342 valence electrons. The van der Waals surface area contributed by atoms with E-state index in [-0.39, 0.29) is 0 Å². The molecule has 0 amide bonds. The molecule has 14 rings (SSSR count). The number of nitrogens with zero attached hydrogens (tertiary/aromatic N) is 2. The van der Waals surface area contributed by atoms with Gasteiger partial charge in [-0.3, -0.25) is 0 Å². The second-order valence-corrected chi connectivity index (χ2v) is 18.8. The van der Waals surface area contributed by atoms with Gasteiger partial charge in [0.15, 0.2) is 0 Å². The molecular formula is C70H46N2O. The first-order valence-electron chi connectivity index (χ1n) is 25.0. The Kier molecular flexibility index (Phi) is 10.2. The van der Waals surface area contributed by atoms with Crippen molar-refractivity contribution in [3.05, 3.63) is 279 Å². The van der Waals surface area contributed by atoms with Gasteiger partial charge in [-0.15, -0.1) is 0 Å². The third-order valence-corrected chi connectivity index (χ3v) is 14.7. The molecule has 3 nitrogen and oxygen atoms in total. The van der Waals surface area contributed by atoms with Gasteiger partial charge in [0, 0.05) is 50.2 Å². The SMILES string of the molecule is c1ccc(N(c2ccccc2)c2ccc(-c3ccc(N(c4ccc(-c5ccc(-c6cccc7c6oc6ccccc67)cc5)cc4)c4ccc5c6ccccc6c6ccccc6c5c4)cc3)c3ccccc23)cc1. The zero-order valence-corrected chi connectivity index (χ0v) is 39.9. The summed E-state index contributed by atoms with van der Waals surface area (Å²) in [5.74, 6) is 0. The van der Waals surface area contributed by atoms with E-state index in [9.17, 15) is 0 Å². The minimum Gasteiger partial charge on any atom is -0.455 e. The van der Waals surface area contributed by atoms with E-state index in [1.54, 1.807) is 0 Å². The molecule has 0 aliphatic rings. The maximum atomic E-state index is 6.40. The zero-order valence-electron chi connectivity index (χ0n) is 39.9. The van der Waals surface area contributed by atoms with Crippen LogP contribution in [0.15, 0.2) is 283 Å². The molecule has 0 radical (unpaired) electrons. The Morgan fingerprint density at radius 2 is 0.644 bits per heavy atom. The Hall–Kier alpha value is -9.70. The molecule has 14 aromatic rings. The fourth-order valence-corrected chi connectivity index (χ4v) is 11.2. The summed E-state index contributed by atoms with van der Waals surface area (Å²) >= 11 is 0. The van der Waals surface area contributed by atoms with Crippen LogP contribution >= 0.6 is 0 Å². The molecule has 0 fully saturated rings. The van der Waals surface area contributed by atoms with E-state index < -0.39 is 0 Å². The van der Waals surface area contributed by atoms with Crippen molar-refractivity contribution in [1.82, 2.24) is 0 Å². The van der Waals surface area contributed by atoms with Gasteiger partial charge in [0.2, 0.25) is 0 Å². The Morgan fingerprint density at radius 3 is 1.26 bits per heavy atom. The lowest BCUT2D eigenvalue weighted by atomic mass is 9.93. The first-order valence-corrected chi connectivity index (χ1v) is 25.0. The summed E-state index contributed by atoms with van der Waals surface area (Å²) in [7, 11) is 0. The van der Waals surface area contributed by atoms with Crippen LogP contribution in [0, 0.1) is 0 Å². The summed E-state index contributed by atoms with van der Waals surface area (Å²) < 4.78 is 6.40. The molecule has 0 aliphatic carbocycles. The molecule has 1 heterocycles. The van der Waals surface area contributed by atoms with E-state index in [4.69, 9.17) is 4.42 Å². The predicted molar refractivity (Wildman–Crippen MR) is 309 cm³/mol. The van der Waals surface area contributed by atoms with Crippen LogP contribution < -0.4 is 9.80 Å². The highest BCUT2D eigenvalue weighted by atomic mass is 16.3. The highest BCUT2D eigenvalue weighted by molar-refractivity contribution is 6.26. The first kappa shape index (κ1) is 42.2. The van der Waals surface area contributed by atoms with E-state index in [1.165, 1.54) is 48.7 Å². The standard InChI is InChI=1S/C70H46N2O/c1-3-16-51(17-4-1)72(52-18-5-2-6-19-52)68-45-44-56(58-20-11-12-25-64(58)68)49-36-40-54(41-37-49)71(55-42-43-63-61-23-8-7-21-59(61)60-22-9-10-24-62(60)67(63)46-55)53-38-34-48(35-39-53)47-30-32-50(33-31-47)57-27-15-28-66-65-26-13-14-29-69(65)73-70(57)66/h1-46H. The number of furan rings is 1. The lowest BCUT2D eigenvalue weighted by Crippen LogP contribution is -2.10. The van der Waals surface area contributed by atoms with Crippen molar-refractivity contribution in [2.75, 3.05) is 9.80 Å². The number of benzene rings is 13. The molecule has 0 saturated carbocycles. The van der Waals surface area contributed by atoms with Gasteiger partial charge in [-0.2, -0.15) is 0 Å². The van der Waals surface area contributed by atoms with Gasteiger partial charge < -0.3 is 14.2 Å². The molecule has 0 saturated heterocycles. The maximum Gasteiger partial charge on any atom is 0.143 e. The number of rotatable bonds is 9. The molecule has 0 bridgehead atoms. The largest absolute Gasteiger partial charge is 0.455 e. The van der Waals surface area contributed by atoms with Gasteiger partial charge in [0.05, 0.1) is 5.69 Å². The second kappa shape index (κ2) is 17.6. The van der Waals surface area contributed by atoms with Crippen molar-refractivity contribution < 1.29 is 4.42 Å².